The zero-order valence-electron chi connectivity index (χ0n) is 11.3. The Morgan fingerprint density at radius 1 is 1.50 bits per heavy atom. The molecule has 1 aliphatic rings. The van der Waals surface area contributed by atoms with Gasteiger partial charge in [0.15, 0.2) is 17.2 Å². The number of fused-ring (bicyclic) bond motifs is 1. The van der Waals surface area contributed by atoms with E-state index in [4.69, 9.17) is 21.1 Å². The predicted octanol–water partition coefficient (Wildman–Crippen LogP) is 2.17. The summed E-state index contributed by atoms with van der Waals surface area (Å²) in [6.07, 6.45) is 3.19. The summed E-state index contributed by atoms with van der Waals surface area (Å²) in [5, 5.41) is 8.41. The van der Waals surface area contributed by atoms with Crippen molar-refractivity contribution in [3.05, 3.63) is 38.2 Å². The highest BCUT2D eigenvalue weighted by Gasteiger charge is 2.16. The van der Waals surface area contributed by atoms with Crippen LogP contribution in [0.3, 0.4) is 0 Å². The van der Waals surface area contributed by atoms with Crippen LogP contribution in [0.15, 0.2) is 23.4 Å². The summed E-state index contributed by atoms with van der Waals surface area (Å²) in [7, 11) is 1.74. The average Bonchev–Trinajstić information content (AvgIpc) is 3.04. The van der Waals surface area contributed by atoms with Crippen molar-refractivity contribution in [2.45, 2.75) is 0 Å². The van der Waals surface area contributed by atoms with E-state index in [9.17, 15) is 4.79 Å². The number of halogens is 2. The molecule has 2 heterocycles. The molecule has 1 N–H and O–H groups in total. The van der Waals surface area contributed by atoms with Crippen LogP contribution in [-0.4, -0.2) is 28.7 Å². The highest BCUT2D eigenvalue weighted by Crippen LogP contribution is 2.36. The lowest BCUT2D eigenvalue weighted by molar-refractivity contribution is 0.0948. The van der Waals surface area contributed by atoms with Crippen molar-refractivity contribution in [2.24, 2.45) is 12.1 Å². The van der Waals surface area contributed by atoms with Crippen LogP contribution >= 0.6 is 34.2 Å². The van der Waals surface area contributed by atoms with Gasteiger partial charge in [0.2, 0.25) is 6.79 Å². The fourth-order valence-corrected chi connectivity index (χ4v) is 2.82. The number of nitrogens with zero attached hydrogens (tertiary/aromatic N) is 3. The van der Waals surface area contributed by atoms with Crippen LogP contribution in [-0.2, 0) is 7.05 Å². The van der Waals surface area contributed by atoms with Crippen molar-refractivity contribution in [3.63, 3.8) is 0 Å². The van der Waals surface area contributed by atoms with Crippen molar-refractivity contribution in [1.29, 1.82) is 0 Å². The third-order valence-corrected chi connectivity index (χ3v) is 3.98. The van der Waals surface area contributed by atoms with Gasteiger partial charge in [-0.2, -0.15) is 10.2 Å². The minimum atomic E-state index is -0.391. The maximum absolute atomic E-state index is 12.0. The van der Waals surface area contributed by atoms with Gasteiger partial charge in [-0.1, -0.05) is 11.6 Å². The monoisotopic (exact) mass is 432 g/mol. The molecule has 7 nitrogen and oxygen atoms in total. The number of hydrogen-bond donors (Lipinski definition) is 1. The van der Waals surface area contributed by atoms with Crippen molar-refractivity contribution in [1.82, 2.24) is 15.2 Å². The molecule has 0 radical (unpaired) electrons. The highest BCUT2D eigenvalue weighted by atomic mass is 127. The lowest BCUT2D eigenvalue weighted by Crippen LogP contribution is -2.19. The molecule has 0 atom stereocenters. The molecule has 3 rings (SSSR count). The minimum absolute atomic E-state index is 0.168. The van der Waals surface area contributed by atoms with E-state index < -0.39 is 5.91 Å². The van der Waals surface area contributed by atoms with Crippen molar-refractivity contribution < 1.29 is 14.3 Å². The number of hydrazone groups is 1. The van der Waals surface area contributed by atoms with E-state index in [1.807, 2.05) is 22.6 Å². The lowest BCUT2D eigenvalue weighted by atomic mass is 10.2. The number of nitrogens with one attached hydrogen (secondary N) is 1. The second kappa shape index (κ2) is 6.13. The number of ether oxygens (including phenoxy) is 2. The van der Waals surface area contributed by atoms with E-state index >= 15 is 0 Å². The Hall–Kier alpha value is -1.81. The van der Waals surface area contributed by atoms with Gasteiger partial charge in [0.1, 0.15) is 0 Å². The average molecular weight is 433 g/mol. The molecule has 1 aliphatic heterocycles. The number of aryl methyl sites for hydroxylation is 1. The highest BCUT2D eigenvalue weighted by molar-refractivity contribution is 14.1. The summed E-state index contributed by atoms with van der Waals surface area (Å²) in [5.41, 5.74) is 3.35. The van der Waals surface area contributed by atoms with Gasteiger partial charge in [0.05, 0.1) is 14.8 Å². The van der Waals surface area contributed by atoms with Crippen LogP contribution in [0.4, 0.5) is 0 Å². The van der Waals surface area contributed by atoms with E-state index in [1.165, 1.54) is 6.21 Å². The molecule has 0 aliphatic carbocycles. The quantitative estimate of drug-likeness (QED) is 0.458. The normalized spacial score (nSPS) is 12.9. The van der Waals surface area contributed by atoms with E-state index in [0.717, 1.165) is 3.57 Å². The Balaban J connectivity index is 1.72. The summed E-state index contributed by atoms with van der Waals surface area (Å²) < 4.78 is 12.8. The summed E-state index contributed by atoms with van der Waals surface area (Å²) in [6.45, 7) is 0.168. The van der Waals surface area contributed by atoms with Crippen LogP contribution in [0.25, 0.3) is 0 Å². The van der Waals surface area contributed by atoms with Crippen LogP contribution in [0.1, 0.15) is 16.1 Å². The first kappa shape index (κ1) is 15.1. The molecule has 0 saturated heterocycles. The predicted molar refractivity (Wildman–Crippen MR) is 88.6 cm³/mol. The summed E-state index contributed by atoms with van der Waals surface area (Å²) in [6, 6.07) is 3.35. The third kappa shape index (κ3) is 3.02. The van der Waals surface area contributed by atoms with Gasteiger partial charge in [-0.05, 0) is 28.7 Å². The number of carbonyl (C=O) groups is 1. The van der Waals surface area contributed by atoms with Gasteiger partial charge in [-0.3, -0.25) is 9.48 Å². The smallest absolute Gasteiger partial charge is 0.292 e. The SMILES string of the molecule is Cn1cc(I)c(C(=O)N/N=C\c2cc3c(cc2Cl)OCO3)n1. The van der Waals surface area contributed by atoms with Crippen molar-refractivity contribution >= 4 is 46.3 Å². The van der Waals surface area contributed by atoms with Gasteiger partial charge in [0, 0.05) is 24.9 Å². The molecule has 0 bridgehead atoms. The number of amides is 1. The first-order valence-corrected chi connectivity index (χ1v) is 7.62. The van der Waals surface area contributed by atoms with Gasteiger partial charge < -0.3 is 9.47 Å². The van der Waals surface area contributed by atoms with E-state index in [0.29, 0.717) is 27.8 Å². The molecule has 0 saturated carbocycles. The molecule has 0 unspecified atom stereocenters. The molecule has 22 heavy (non-hydrogen) atoms. The van der Waals surface area contributed by atoms with Crippen molar-refractivity contribution in [2.75, 3.05) is 6.79 Å². The van der Waals surface area contributed by atoms with E-state index in [1.54, 1.807) is 30.1 Å². The molecule has 9 heteroatoms. The van der Waals surface area contributed by atoms with Gasteiger partial charge in [-0.25, -0.2) is 5.43 Å². The second-order valence-corrected chi connectivity index (χ2v) is 5.99. The third-order valence-electron chi connectivity index (χ3n) is 2.86. The Labute approximate surface area is 144 Å². The zero-order chi connectivity index (χ0) is 15.7. The Morgan fingerprint density at radius 2 is 2.23 bits per heavy atom. The number of carbonyl (C=O) groups excluding carboxylic acids is 1. The van der Waals surface area contributed by atoms with Crippen LogP contribution < -0.4 is 14.9 Å². The standard InChI is InChI=1S/C13H10ClIN4O3/c1-19-5-9(15)12(18-19)13(20)17-16-4-7-2-10-11(3-8(7)14)22-6-21-10/h2-5H,6H2,1H3,(H,17,20)/b16-4-. The van der Waals surface area contributed by atoms with Crippen LogP contribution in [0, 0.1) is 3.57 Å². The maximum atomic E-state index is 12.0. The molecule has 1 amide bonds. The molecule has 0 spiro atoms. The lowest BCUT2D eigenvalue weighted by Gasteiger charge is -2.01. The Morgan fingerprint density at radius 3 is 2.91 bits per heavy atom. The topological polar surface area (TPSA) is 77.7 Å². The number of rotatable bonds is 3. The van der Waals surface area contributed by atoms with Gasteiger partial charge in [-0.15, -0.1) is 0 Å². The summed E-state index contributed by atoms with van der Waals surface area (Å²) in [5.74, 6) is 0.795. The number of hydrogen-bond acceptors (Lipinski definition) is 5. The van der Waals surface area contributed by atoms with Crippen molar-refractivity contribution in [3.8, 4) is 11.5 Å². The maximum Gasteiger partial charge on any atom is 0.292 e. The second-order valence-electron chi connectivity index (χ2n) is 4.43. The molecular formula is C13H10ClIN4O3. The fourth-order valence-electron chi connectivity index (χ4n) is 1.86. The Kier molecular flexibility index (Phi) is 4.21. The largest absolute Gasteiger partial charge is 0.454 e. The minimum Gasteiger partial charge on any atom is -0.454 e. The summed E-state index contributed by atoms with van der Waals surface area (Å²) >= 11 is 8.15. The molecule has 0 fully saturated rings. The fraction of sp³-hybridized carbons (Fsp3) is 0.154. The molecular weight excluding hydrogens is 423 g/mol. The first-order valence-electron chi connectivity index (χ1n) is 6.16. The molecule has 2 aromatic rings. The van der Waals surface area contributed by atoms with Gasteiger partial charge >= 0.3 is 0 Å². The number of aromatic nitrogens is 2. The van der Waals surface area contributed by atoms with Crippen LogP contribution in [0.5, 0.6) is 11.5 Å². The van der Waals surface area contributed by atoms with E-state index in [2.05, 4.69) is 15.6 Å². The Bertz CT molecular complexity index is 775. The molecule has 114 valence electrons. The van der Waals surface area contributed by atoms with Gasteiger partial charge in [0.25, 0.3) is 5.91 Å². The van der Waals surface area contributed by atoms with Crippen LogP contribution in [0.2, 0.25) is 5.02 Å². The zero-order valence-corrected chi connectivity index (χ0v) is 14.3. The molecule has 1 aromatic heterocycles. The van der Waals surface area contributed by atoms with E-state index in [-0.39, 0.29) is 6.79 Å². The number of benzene rings is 1. The first-order chi connectivity index (χ1) is 10.5. The summed E-state index contributed by atoms with van der Waals surface area (Å²) in [4.78, 5) is 12.0. The molecule has 1 aromatic carbocycles.